The Labute approximate surface area is 315 Å². The number of rotatable bonds is 10. The Morgan fingerprint density at radius 2 is 1.40 bits per heavy atom. The first kappa shape index (κ1) is 37.7. The second-order valence-electron chi connectivity index (χ2n) is 17.1. The van der Waals surface area contributed by atoms with E-state index in [1.807, 2.05) is 6.92 Å². The van der Waals surface area contributed by atoms with E-state index < -0.39 is 0 Å². The fourth-order valence-corrected chi connectivity index (χ4v) is 10.4. The molecule has 2 N–H and O–H groups in total. The fraction of sp³-hybridized carbons (Fsp3) is 0.556. The molecular formula is C45H60N4O4. The largest absolute Gasteiger partial charge is 0.396 e. The highest BCUT2D eigenvalue weighted by atomic mass is 16.3. The average molecular weight is 721 g/mol. The van der Waals surface area contributed by atoms with Crippen LogP contribution in [0.15, 0.2) is 54.9 Å². The van der Waals surface area contributed by atoms with Crippen molar-refractivity contribution in [3.8, 4) is 0 Å². The number of ketones is 2. The van der Waals surface area contributed by atoms with E-state index >= 15 is 0 Å². The van der Waals surface area contributed by atoms with Crippen LogP contribution >= 0.6 is 0 Å². The molecule has 0 amide bonds. The molecule has 284 valence electrons. The third kappa shape index (κ3) is 6.64. The highest BCUT2D eigenvalue weighted by Gasteiger charge is 2.49. The summed E-state index contributed by atoms with van der Waals surface area (Å²) in [4.78, 5) is 30.6. The molecule has 1 saturated heterocycles. The number of carbonyl (C=O) groups is 2. The maximum absolute atomic E-state index is 13.0. The van der Waals surface area contributed by atoms with Gasteiger partial charge in [0.1, 0.15) is 11.6 Å². The molecule has 4 aromatic rings. The Kier molecular flexibility index (Phi) is 10.6. The van der Waals surface area contributed by atoms with Crippen molar-refractivity contribution < 1.29 is 19.8 Å². The molecule has 53 heavy (non-hydrogen) atoms. The minimum atomic E-state index is -0.0765. The molecule has 0 bridgehead atoms. The zero-order valence-electron chi connectivity index (χ0n) is 32.9. The second kappa shape index (κ2) is 14.9. The number of likely N-dealkylation sites (tertiary alicyclic amines) is 1. The van der Waals surface area contributed by atoms with Gasteiger partial charge >= 0.3 is 0 Å². The molecule has 2 aliphatic heterocycles. The zero-order chi connectivity index (χ0) is 37.8. The molecule has 0 spiro atoms. The lowest BCUT2D eigenvalue weighted by atomic mass is 9.61. The minimum absolute atomic E-state index is 0.0118. The highest BCUT2D eigenvalue weighted by molar-refractivity contribution is 6.00. The number of piperidine rings is 1. The van der Waals surface area contributed by atoms with Gasteiger partial charge in [0.25, 0.3) is 0 Å². The quantitative estimate of drug-likeness (QED) is 0.200. The molecule has 2 aliphatic carbocycles. The van der Waals surface area contributed by atoms with Crippen LogP contribution in [0.4, 0.5) is 0 Å². The number of aliphatic hydroxyl groups excluding tert-OH is 2. The number of hydrogen-bond donors (Lipinski definition) is 2. The van der Waals surface area contributed by atoms with Crippen molar-refractivity contribution in [1.29, 1.82) is 0 Å². The molecule has 2 aromatic heterocycles. The van der Waals surface area contributed by atoms with E-state index in [2.05, 4.69) is 116 Å². The Bertz CT molecular complexity index is 2030. The van der Waals surface area contributed by atoms with Crippen LogP contribution in [-0.2, 0) is 41.9 Å². The number of aromatic nitrogens is 2. The Balaban J connectivity index is 0.000000164. The average Bonchev–Trinajstić information content (AvgIpc) is 3.66. The van der Waals surface area contributed by atoms with Crippen LogP contribution in [0.3, 0.4) is 0 Å². The van der Waals surface area contributed by atoms with E-state index in [0.29, 0.717) is 30.7 Å². The van der Waals surface area contributed by atoms with Crippen molar-refractivity contribution in [2.75, 3.05) is 40.4 Å². The Hall–Kier alpha value is -3.56. The lowest BCUT2D eigenvalue weighted by Crippen LogP contribution is -2.58. The second-order valence-corrected chi connectivity index (χ2v) is 17.1. The normalized spacial score (nSPS) is 26.3. The van der Waals surface area contributed by atoms with E-state index in [1.165, 1.54) is 49.6 Å². The summed E-state index contributed by atoms with van der Waals surface area (Å²) in [7, 11) is 8.55. The van der Waals surface area contributed by atoms with Crippen LogP contribution < -0.4 is 0 Å². The molecule has 8 heteroatoms. The molecule has 2 aromatic carbocycles. The maximum Gasteiger partial charge on any atom is 0.141 e. The topological polar surface area (TPSA) is 90.9 Å². The van der Waals surface area contributed by atoms with E-state index in [9.17, 15) is 19.8 Å². The number of likely N-dealkylation sites (N-methyl/N-ethyl adjacent to an activating group) is 2. The number of carbonyl (C=O) groups excluding carboxylic acids is 2. The molecule has 4 unspecified atom stereocenters. The van der Waals surface area contributed by atoms with Crippen molar-refractivity contribution in [2.45, 2.75) is 83.2 Å². The van der Waals surface area contributed by atoms with Crippen LogP contribution in [0, 0.1) is 23.7 Å². The lowest BCUT2D eigenvalue weighted by Gasteiger charge is -2.52. The third-order valence-corrected chi connectivity index (χ3v) is 13.7. The van der Waals surface area contributed by atoms with Gasteiger partial charge in [-0.3, -0.25) is 14.5 Å². The van der Waals surface area contributed by atoms with Crippen molar-refractivity contribution in [2.24, 2.45) is 37.8 Å². The summed E-state index contributed by atoms with van der Waals surface area (Å²) in [5, 5.41) is 21.7. The van der Waals surface area contributed by atoms with Gasteiger partial charge in [0.2, 0.25) is 0 Å². The molecule has 8 nitrogen and oxygen atoms in total. The fourth-order valence-electron chi connectivity index (χ4n) is 10.4. The van der Waals surface area contributed by atoms with Gasteiger partial charge in [-0.1, -0.05) is 64.0 Å². The summed E-state index contributed by atoms with van der Waals surface area (Å²) in [6.07, 6.45) is 12.4. The van der Waals surface area contributed by atoms with Crippen molar-refractivity contribution in [3.05, 3.63) is 77.1 Å². The first-order valence-corrected chi connectivity index (χ1v) is 20.0. The van der Waals surface area contributed by atoms with E-state index in [-0.39, 0.29) is 48.1 Å². The molecular weight excluding hydrogens is 661 g/mol. The van der Waals surface area contributed by atoms with Crippen LogP contribution in [0.5, 0.6) is 0 Å². The first-order valence-electron chi connectivity index (χ1n) is 20.0. The number of Topliss-reactive ketones (excluding diaryl/α,β-unsaturated/α-hetero) is 2. The SMILES string of the molecule is CCC(CO)CC(=O)C1C=C2c3cccc4c3c(cn4C)C[C@H]2N(C)C1.CCC(CO)CC(=O)C1CN(C)[C@@H]2Cc3cn(C)c4cccc(c34)[C@@]2(C)C1. The van der Waals surface area contributed by atoms with Crippen molar-refractivity contribution >= 4 is 38.9 Å². The summed E-state index contributed by atoms with van der Waals surface area (Å²) in [6, 6.07) is 13.9. The summed E-state index contributed by atoms with van der Waals surface area (Å²) >= 11 is 0. The van der Waals surface area contributed by atoms with E-state index in [4.69, 9.17) is 0 Å². The lowest BCUT2D eigenvalue weighted by molar-refractivity contribution is -0.128. The molecule has 1 fully saturated rings. The summed E-state index contributed by atoms with van der Waals surface area (Å²) < 4.78 is 4.45. The Morgan fingerprint density at radius 3 is 2.04 bits per heavy atom. The van der Waals surface area contributed by atoms with Crippen LogP contribution in [-0.4, -0.2) is 93.2 Å². The molecule has 0 radical (unpaired) electrons. The number of fused-ring (bicyclic) bond motifs is 4. The third-order valence-electron chi connectivity index (χ3n) is 13.7. The van der Waals surface area contributed by atoms with Crippen LogP contribution in [0.2, 0.25) is 0 Å². The minimum Gasteiger partial charge on any atom is -0.396 e. The molecule has 8 rings (SSSR count). The van der Waals surface area contributed by atoms with Crippen LogP contribution in [0.1, 0.15) is 75.1 Å². The first-order chi connectivity index (χ1) is 25.4. The molecule has 0 saturated carbocycles. The predicted molar refractivity (Wildman–Crippen MR) is 214 cm³/mol. The standard InChI is InChI=1S/C23H32N2O2.C22H28N2O2/c1-5-15(14-26)9-20(27)17-11-23(2)18-7-6-8-19-22(18)16(12-24(19)3)10-21(23)25(4)13-17;1-4-14(13-25)8-21(26)15-9-18-17-6-5-7-19-22(17)16(12-23(19)2)10-20(18)24(3)11-15/h6-8,12,15,17,21,26H,5,9-11,13-14H2,1-4H3;5-7,9,12,14-15,20,25H,4,8,10-11,13H2,1-3H3/t15?,17?,21-,23-;14?,15?,20-/m11/s1. The van der Waals surface area contributed by atoms with Gasteiger partial charge in [0, 0.05) is 117 Å². The van der Waals surface area contributed by atoms with E-state index in [0.717, 1.165) is 45.2 Å². The summed E-state index contributed by atoms with van der Waals surface area (Å²) in [5.74, 6) is 0.747. The van der Waals surface area contributed by atoms with Gasteiger partial charge in [-0.2, -0.15) is 0 Å². The molecule has 4 heterocycles. The molecule has 4 aliphatic rings. The summed E-state index contributed by atoms with van der Waals surface area (Å²) in [6.45, 7) is 8.26. The molecule has 7 atom stereocenters. The van der Waals surface area contributed by atoms with Gasteiger partial charge in [0.15, 0.2) is 0 Å². The zero-order valence-corrected chi connectivity index (χ0v) is 32.9. The smallest absolute Gasteiger partial charge is 0.141 e. The predicted octanol–water partition coefficient (Wildman–Crippen LogP) is 6.32. The van der Waals surface area contributed by atoms with Crippen LogP contribution in [0.25, 0.3) is 27.4 Å². The summed E-state index contributed by atoms with van der Waals surface area (Å²) in [5.41, 5.74) is 9.39. The number of nitrogens with zero attached hydrogens (tertiary/aromatic N) is 4. The van der Waals surface area contributed by atoms with Crippen molar-refractivity contribution in [3.63, 3.8) is 0 Å². The van der Waals surface area contributed by atoms with Gasteiger partial charge in [-0.25, -0.2) is 0 Å². The Morgan fingerprint density at radius 1 is 0.792 bits per heavy atom. The monoisotopic (exact) mass is 720 g/mol. The van der Waals surface area contributed by atoms with Crippen molar-refractivity contribution in [1.82, 2.24) is 18.9 Å². The van der Waals surface area contributed by atoms with E-state index in [1.54, 1.807) is 0 Å². The number of aliphatic hydroxyl groups is 2. The number of aryl methyl sites for hydroxylation is 2. The van der Waals surface area contributed by atoms with Gasteiger partial charge in [-0.05, 0) is 85.2 Å². The number of benzene rings is 2. The van der Waals surface area contributed by atoms with Gasteiger partial charge in [-0.15, -0.1) is 0 Å². The maximum atomic E-state index is 13.0. The highest BCUT2D eigenvalue weighted by Crippen LogP contribution is 2.49. The van der Waals surface area contributed by atoms with Gasteiger partial charge < -0.3 is 24.2 Å². The van der Waals surface area contributed by atoms with Gasteiger partial charge in [0.05, 0.1) is 0 Å². The number of hydrogen-bond acceptors (Lipinski definition) is 6.